The number of carbonyl (C=O) groups excluding carboxylic acids is 1. The van der Waals surface area contributed by atoms with E-state index in [1.54, 1.807) is 24.5 Å². The summed E-state index contributed by atoms with van der Waals surface area (Å²) in [6.07, 6.45) is 5.50. The van der Waals surface area contributed by atoms with Crippen molar-refractivity contribution >= 4 is 49.9 Å². The molecule has 0 amide bonds. The number of hydrogen-bond donors (Lipinski definition) is 0. The second-order valence-electron chi connectivity index (χ2n) is 7.70. The van der Waals surface area contributed by atoms with Gasteiger partial charge in [0.2, 0.25) is 0 Å². The van der Waals surface area contributed by atoms with Gasteiger partial charge in [0, 0.05) is 14.9 Å². The van der Waals surface area contributed by atoms with E-state index in [0.29, 0.717) is 6.61 Å². The Balaban J connectivity index is 1.48. The molecule has 1 aromatic heterocycles. The predicted octanol–water partition coefficient (Wildman–Crippen LogP) is 8.10. The number of benzene rings is 3. The van der Waals surface area contributed by atoms with Gasteiger partial charge in [-0.15, -0.1) is 11.3 Å². The summed E-state index contributed by atoms with van der Waals surface area (Å²) in [7, 11) is 1.65. The molecule has 4 aromatic rings. The summed E-state index contributed by atoms with van der Waals surface area (Å²) < 4.78 is 12.6. The van der Waals surface area contributed by atoms with Gasteiger partial charge in [0.1, 0.15) is 18.1 Å². The van der Waals surface area contributed by atoms with Crippen molar-refractivity contribution in [2.24, 2.45) is 0 Å². The standard InChI is InChI=1S/C28H25BrO3S/c1-3-6-27-24(29)17-28(33-27)25(30)13-9-19-10-14-26(31-2)22(15-19)18-32-23-12-11-20-7-4-5-8-21(20)16-23/h4-5,7-17H,3,6,18H2,1-2H3/b13-9+. The van der Waals surface area contributed by atoms with Gasteiger partial charge in [0.25, 0.3) is 0 Å². The minimum Gasteiger partial charge on any atom is -0.496 e. The summed E-state index contributed by atoms with van der Waals surface area (Å²) in [5, 5.41) is 2.32. The second-order valence-corrected chi connectivity index (χ2v) is 9.69. The second kappa shape index (κ2) is 10.8. The maximum Gasteiger partial charge on any atom is 0.195 e. The van der Waals surface area contributed by atoms with E-state index in [1.807, 2.05) is 54.6 Å². The molecule has 0 aliphatic heterocycles. The van der Waals surface area contributed by atoms with Crippen LogP contribution in [-0.2, 0) is 13.0 Å². The number of thiophene rings is 1. The van der Waals surface area contributed by atoms with E-state index in [1.165, 1.54) is 10.3 Å². The van der Waals surface area contributed by atoms with Crippen molar-refractivity contribution in [1.82, 2.24) is 0 Å². The molecule has 0 N–H and O–H groups in total. The molecule has 0 saturated carbocycles. The summed E-state index contributed by atoms with van der Waals surface area (Å²) in [5.41, 5.74) is 1.84. The van der Waals surface area contributed by atoms with Gasteiger partial charge in [-0.3, -0.25) is 4.79 Å². The van der Waals surface area contributed by atoms with Crippen LogP contribution in [0.15, 0.2) is 77.3 Å². The fourth-order valence-corrected chi connectivity index (χ4v) is 5.51. The molecular weight excluding hydrogens is 496 g/mol. The van der Waals surface area contributed by atoms with Crippen LogP contribution in [0.5, 0.6) is 11.5 Å². The number of hydrogen-bond acceptors (Lipinski definition) is 4. The molecule has 0 fully saturated rings. The van der Waals surface area contributed by atoms with Crippen LogP contribution < -0.4 is 9.47 Å². The zero-order chi connectivity index (χ0) is 23.2. The first kappa shape index (κ1) is 23.3. The van der Waals surface area contributed by atoms with Crippen molar-refractivity contribution in [3.8, 4) is 11.5 Å². The summed E-state index contributed by atoms with van der Waals surface area (Å²) in [5.74, 6) is 1.57. The van der Waals surface area contributed by atoms with Crippen molar-refractivity contribution < 1.29 is 14.3 Å². The topological polar surface area (TPSA) is 35.5 Å². The highest BCUT2D eigenvalue weighted by Gasteiger charge is 2.11. The lowest BCUT2D eigenvalue weighted by Gasteiger charge is -2.12. The van der Waals surface area contributed by atoms with Crippen LogP contribution in [0, 0.1) is 0 Å². The molecule has 3 aromatic carbocycles. The Labute approximate surface area is 206 Å². The summed E-state index contributed by atoms with van der Waals surface area (Å²) in [4.78, 5) is 14.6. The van der Waals surface area contributed by atoms with Crippen molar-refractivity contribution in [3.63, 3.8) is 0 Å². The molecule has 5 heteroatoms. The lowest BCUT2D eigenvalue weighted by molar-refractivity contribution is 0.105. The Hall–Kier alpha value is -2.89. The molecule has 0 aliphatic rings. The van der Waals surface area contributed by atoms with Gasteiger partial charge in [0.15, 0.2) is 5.78 Å². The predicted molar refractivity (Wildman–Crippen MR) is 141 cm³/mol. The molecule has 1 heterocycles. The highest BCUT2D eigenvalue weighted by atomic mass is 79.9. The van der Waals surface area contributed by atoms with Crippen molar-refractivity contribution in [3.05, 3.63) is 98.2 Å². The quantitative estimate of drug-likeness (QED) is 0.165. The number of allylic oxidation sites excluding steroid dienone is 1. The van der Waals surface area contributed by atoms with Crippen molar-refractivity contribution in [2.45, 2.75) is 26.4 Å². The highest BCUT2D eigenvalue weighted by molar-refractivity contribution is 9.10. The fourth-order valence-electron chi connectivity index (χ4n) is 3.61. The molecule has 0 saturated heterocycles. The Morgan fingerprint density at radius 1 is 1.03 bits per heavy atom. The Kier molecular flexibility index (Phi) is 7.63. The van der Waals surface area contributed by atoms with Crippen LogP contribution in [0.1, 0.15) is 39.0 Å². The number of methoxy groups -OCH3 is 1. The van der Waals surface area contributed by atoms with Gasteiger partial charge < -0.3 is 9.47 Å². The smallest absolute Gasteiger partial charge is 0.195 e. The average molecular weight is 521 g/mol. The molecule has 3 nitrogen and oxygen atoms in total. The number of halogens is 1. The Morgan fingerprint density at radius 3 is 2.64 bits per heavy atom. The first-order valence-electron chi connectivity index (χ1n) is 10.9. The van der Waals surface area contributed by atoms with Crippen LogP contribution in [0.3, 0.4) is 0 Å². The molecule has 33 heavy (non-hydrogen) atoms. The first-order chi connectivity index (χ1) is 16.1. The third-order valence-corrected chi connectivity index (χ3v) is 7.50. The average Bonchev–Trinajstić information content (AvgIpc) is 3.21. The molecule has 0 atom stereocenters. The zero-order valence-corrected chi connectivity index (χ0v) is 21.0. The van der Waals surface area contributed by atoms with Gasteiger partial charge in [-0.25, -0.2) is 0 Å². The van der Waals surface area contributed by atoms with Crippen molar-refractivity contribution in [2.75, 3.05) is 7.11 Å². The van der Waals surface area contributed by atoms with Gasteiger partial charge in [-0.2, -0.15) is 0 Å². The highest BCUT2D eigenvalue weighted by Crippen LogP contribution is 2.30. The minimum absolute atomic E-state index is 0.00725. The number of fused-ring (bicyclic) bond motifs is 1. The molecule has 0 bridgehead atoms. The lowest BCUT2D eigenvalue weighted by Crippen LogP contribution is -1.99. The summed E-state index contributed by atoms with van der Waals surface area (Å²) in [6.45, 7) is 2.51. The number of aryl methyl sites for hydroxylation is 1. The molecular formula is C28H25BrO3S. The third kappa shape index (κ3) is 5.73. The Bertz CT molecular complexity index is 1310. The monoisotopic (exact) mass is 520 g/mol. The molecule has 4 rings (SSSR count). The molecule has 168 valence electrons. The first-order valence-corrected chi connectivity index (χ1v) is 12.5. The number of carbonyl (C=O) groups is 1. The van der Waals surface area contributed by atoms with Gasteiger partial charge >= 0.3 is 0 Å². The molecule has 0 unspecified atom stereocenters. The van der Waals surface area contributed by atoms with Crippen LogP contribution in [0.4, 0.5) is 0 Å². The zero-order valence-electron chi connectivity index (χ0n) is 18.6. The van der Waals surface area contributed by atoms with Crippen LogP contribution in [-0.4, -0.2) is 12.9 Å². The molecule has 0 spiro atoms. The maximum absolute atomic E-state index is 12.7. The van der Waals surface area contributed by atoms with E-state index in [0.717, 1.165) is 50.2 Å². The maximum atomic E-state index is 12.7. The van der Waals surface area contributed by atoms with E-state index in [-0.39, 0.29) is 5.78 Å². The van der Waals surface area contributed by atoms with E-state index < -0.39 is 0 Å². The van der Waals surface area contributed by atoms with E-state index in [4.69, 9.17) is 9.47 Å². The van der Waals surface area contributed by atoms with E-state index in [2.05, 4.69) is 41.1 Å². The van der Waals surface area contributed by atoms with Crippen LogP contribution >= 0.6 is 27.3 Å². The minimum atomic E-state index is 0.00725. The summed E-state index contributed by atoms with van der Waals surface area (Å²) in [6, 6.07) is 22.0. The number of ketones is 1. The number of rotatable bonds is 9. The van der Waals surface area contributed by atoms with Gasteiger partial charge in [-0.05, 0) is 75.1 Å². The number of ether oxygens (including phenoxy) is 2. The third-order valence-electron chi connectivity index (χ3n) is 5.32. The van der Waals surface area contributed by atoms with E-state index >= 15 is 0 Å². The SMILES string of the molecule is CCCc1sc(C(=O)/C=C/c2ccc(OC)c(COc3ccc4ccccc4c3)c2)cc1Br. The molecule has 0 radical (unpaired) electrons. The van der Waals surface area contributed by atoms with Crippen LogP contribution in [0.25, 0.3) is 16.8 Å². The van der Waals surface area contributed by atoms with Gasteiger partial charge in [-0.1, -0.05) is 55.8 Å². The van der Waals surface area contributed by atoms with Crippen LogP contribution in [0.2, 0.25) is 0 Å². The van der Waals surface area contributed by atoms with Crippen molar-refractivity contribution in [1.29, 1.82) is 0 Å². The Morgan fingerprint density at radius 2 is 1.85 bits per heavy atom. The normalized spacial score (nSPS) is 11.2. The summed E-state index contributed by atoms with van der Waals surface area (Å²) >= 11 is 5.12. The van der Waals surface area contributed by atoms with Gasteiger partial charge in [0.05, 0.1) is 12.0 Å². The van der Waals surface area contributed by atoms with E-state index in [9.17, 15) is 4.79 Å². The largest absolute Gasteiger partial charge is 0.496 e. The fraction of sp³-hybridized carbons (Fsp3) is 0.179. The lowest BCUT2D eigenvalue weighted by atomic mass is 10.1. The molecule has 0 aliphatic carbocycles.